The molecule has 0 aromatic heterocycles. The summed E-state index contributed by atoms with van der Waals surface area (Å²) in [6, 6.07) is 22.8. The van der Waals surface area contributed by atoms with Crippen LogP contribution >= 0.6 is 15.9 Å². The SMILES string of the molecule is COC(=O)C1=C(C(=O)OC)C(c2ccc(Br)cc2)C2=C(C1)N(Cc1ccccc1)C(=O)C(S(=O)(=O)c1ccc(C)cc1)C2. The monoisotopic (exact) mass is 663 g/mol. The molecule has 0 fully saturated rings. The Morgan fingerprint density at radius 2 is 1.53 bits per heavy atom. The Labute approximate surface area is 259 Å². The lowest BCUT2D eigenvalue weighted by atomic mass is 9.73. The molecule has 3 aromatic carbocycles. The summed E-state index contributed by atoms with van der Waals surface area (Å²) in [6.45, 7) is 1.93. The predicted molar refractivity (Wildman–Crippen MR) is 163 cm³/mol. The number of carbonyl (C=O) groups excluding carboxylic acids is 3. The molecule has 8 nitrogen and oxygen atoms in total. The number of benzene rings is 3. The average molecular weight is 665 g/mol. The molecular weight excluding hydrogens is 634 g/mol. The maximum absolute atomic E-state index is 14.3. The summed E-state index contributed by atoms with van der Waals surface area (Å²) in [7, 11) is -1.70. The number of aryl methyl sites for hydroxylation is 1. The smallest absolute Gasteiger partial charge is 0.335 e. The molecular formula is C33H30BrNO7S. The molecule has 0 spiro atoms. The van der Waals surface area contributed by atoms with Gasteiger partial charge in [-0.25, -0.2) is 18.0 Å². The summed E-state index contributed by atoms with van der Waals surface area (Å²) >= 11 is 3.44. The Hall–Kier alpha value is -4.02. The highest BCUT2D eigenvalue weighted by Gasteiger charge is 2.49. The predicted octanol–water partition coefficient (Wildman–Crippen LogP) is 5.42. The Balaban J connectivity index is 1.76. The minimum absolute atomic E-state index is 0.0372. The van der Waals surface area contributed by atoms with Crippen molar-refractivity contribution < 1.29 is 32.3 Å². The number of halogens is 1. The van der Waals surface area contributed by atoms with E-state index in [9.17, 15) is 22.8 Å². The van der Waals surface area contributed by atoms with Crippen LogP contribution in [-0.4, -0.2) is 50.6 Å². The number of sulfone groups is 1. The fourth-order valence-corrected chi connectivity index (χ4v) is 7.64. The molecule has 1 aliphatic carbocycles. The second-order valence-corrected chi connectivity index (χ2v) is 13.5. The van der Waals surface area contributed by atoms with Gasteiger partial charge in [-0.3, -0.25) is 4.79 Å². The Morgan fingerprint density at radius 3 is 2.14 bits per heavy atom. The van der Waals surface area contributed by atoms with Crippen molar-refractivity contribution in [3.05, 3.63) is 122 Å². The summed E-state index contributed by atoms with van der Waals surface area (Å²) in [5.74, 6) is -2.91. The molecule has 2 unspecified atom stereocenters. The highest BCUT2D eigenvalue weighted by Crippen LogP contribution is 2.49. The van der Waals surface area contributed by atoms with E-state index in [1.165, 1.54) is 31.3 Å². The molecule has 3 aromatic rings. The largest absolute Gasteiger partial charge is 0.466 e. The van der Waals surface area contributed by atoms with Gasteiger partial charge >= 0.3 is 11.9 Å². The van der Waals surface area contributed by atoms with Gasteiger partial charge in [-0.15, -0.1) is 0 Å². The van der Waals surface area contributed by atoms with Crippen molar-refractivity contribution in [2.75, 3.05) is 14.2 Å². The standard InChI is InChI=1S/C33H30BrNO7S/c1-20-9-15-24(16-10-20)43(39,40)28-18-25-27(35(31(28)36)19-21-7-5-4-6-8-21)17-26(32(37)41-2)30(33(38)42-3)29(25)22-11-13-23(34)14-12-22/h4-16,28-29H,17-19H2,1-3H3. The summed E-state index contributed by atoms with van der Waals surface area (Å²) < 4.78 is 39.2. The van der Waals surface area contributed by atoms with Crippen LogP contribution < -0.4 is 0 Å². The van der Waals surface area contributed by atoms with Gasteiger partial charge in [0.15, 0.2) is 9.84 Å². The van der Waals surface area contributed by atoms with Crippen LogP contribution in [0.25, 0.3) is 0 Å². The number of allylic oxidation sites excluding steroid dienone is 2. The molecule has 1 aliphatic heterocycles. The van der Waals surface area contributed by atoms with E-state index in [0.29, 0.717) is 16.8 Å². The molecule has 222 valence electrons. The maximum atomic E-state index is 14.3. The van der Waals surface area contributed by atoms with Crippen molar-refractivity contribution in [1.82, 2.24) is 4.90 Å². The lowest BCUT2D eigenvalue weighted by Crippen LogP contribution is -2.48. The Morgan fingerprint density at radius 1 is 0.907 bits per heavy atom. The Kier molecular flexibility index (Phi) is 8.71. The molecule has 1 heterocycles. The van der Waals surface area contributed by atoms with E-state index in [4.69, 9.17) is 9.47 Å². The number of amides is 1. The second kappa shape index (κ2) is 12.3. The van der Waals surface area contributed by atoms with Gasteiger partial charge < -0.3 is 14.4 Å². The van der Waals surface area contributed by atoms with Crippen molar-refractivity contribution in [2.24, 2.45) is 0 Å². The van der Waals surface area contributed by atoms with Gasteiger partial charge in [0, 0.05) is 22.5 Å². The lowest BCUT2D eigenvalue weighted by molar-refractivity contribution is -0.140. The van der Waals surface area contributed by atoms with Gasteiger partial charge in [-0.1, -0.05) is 76.1 Å². The van der Waals surface area contributed by atoms with E-state index in [0.717, 1.165) is 15.6 Å². The first-order chi connectivity index (χ1) is 20.6. The number of hydrogen-bond acceptors (Lipinski definition) is 7. The summed E-state index contributed by atoms with van der Waals surface area (Å²) in [5.41, 5.74) is 3.46. The van der Waals surface area contributed by atoms with Crippen LogP contribution in [0.2, 0.25) is 0 Å². The van der Waals surface area contributed by atoms with Gasteiger partial charge in [-0.05, 0) is 54.3 Å². The number of rotatable bonds is 7. The van der Waals surface area contributed by atoms with Crippen LogP contribution in [-0.2, 0) is 40.2 Å². The van der Waals surface area contributed by atoms with Crippen LogP contribution in [0, 0.1) is 6.92 Å². The number of nitrogens with zero attached hydrogens (tertiary/aromatic N) is 1. The second-order valence-electron chi connectivity index (χ2n) is 10.5. The number of carbonyl (C=O) groups is 3. The van der Waals surface area contributed by atoms with Gasteiger partial charge in [0.1, 0.15) is 5.25 Å². The van der Waals surface area contributed by atoms with E-state index >= 15 is 0 Å². The van der Waals surface area contributed by atoms with Crippen LogP contribution in [0.1, 0.15) is 35.4 Å². The summed E-state index contributed by atoms with van der Waals surface area (Å²) in [6.07, 6.45) is -0.263. The van der Waals surface area contributed by atoms with E-state index in [1.807, 2.05) is 37.3 Å². The molecule has 1 amide bonds. The first-order valence-electron chi connectivity index (χ1n) is 13.6. The quantitative estimate of drug-likeness (QED) is 0.311. The number of hydrogen-bond donors (Lipinski definition) is 0. The van der Waals surface area contributed by atoms with Gasteiger partial charge in [0.2, 0.25) is 5.91 Å². The molecule has 2 atom stereocenters. The summed E-state index contributed by atoms with van der Waals surface area (Å²) in [5, 5.41) is -1.45. The van der Waals surface area contributed by atoms with Crippen LogP contribution in [0.15, 0.2) is 111 Å². The van der Waals surface area contributed by atoms with Gasteiger partial charge in [0.25, 0.3) is 0 Å². The zero-order valence-corrected chi connectivity index (χ0v) is 26.3. The third-order valence-electron chi connectivity index (χ3n) is 7.90. The minimum Gasteiger partial charge on any atom is -0.466 e. The molecule has 43 heavy (non-hydrogen) atoms. The molecule has 10 heteroatoms. The third-order valence-corrected chi connectivity index (χ3v) is 10.5. The molecule has 0 saturated carbocycles. The van der Waals surface area contributed by atoms with Crippen molar-refractivity contribution in [1.29, 1.82) is 0 Å². The van der Waals surface area contributed by atoms with Crippen molar-refractivity contribution in [3.8, 4) is 0 Å². The molecule has 0 saturated heterocycles. The molecule has 0 bridgehead atoms. The summed E-state index contributed by atoms with van der Waals surface area (Å²) in [4.78, 5) is 42.3. The number of ether oxygens (including phenoxy) is 2. The van der Waals surface area contributed by atoms with Crippen LogP contribution in [0.5, 0.6) is 0 Å². The fraction of sp³-hybridized carbons (Fsp3) is 0.242. The van der Waals surface area contributed by atoms with E-state index in [1.54, 1.807) is 36.4 Å². The molecule has 5 rings (SSSR count). The lowest BCUT2D eigenvalue weighted by Gasteiger charge is -2.42. The molecule has 0 N–H and O–H groups in total. The van der Waals surface area contributed by atoms with E-state index in [-0.39, 0.29) is 35.4 Å². The van der Waals surface area contributed by atoms with Crippen molar-refractivity contribution >= 4 is 43.6 Å². The van der Waals surface area contributed by atoms with Crippen molar-refractivity contribution in [2.45, 2.75) is 42.4 Å². The minimum atomic E-state index is -4.15. The van der Waals surface area contributed by atoms with Gasteiger partial charge in [0.05, 0.1) is 36.8 Å². The normalized spacial score (nSPS) is 18.8. The van der Waals surface area contributed by atoms with Crippen LogP contribution in [0.4, 0.5) is 0 Å². The highest BCUT2D eigenvalue weighted by atomic mass is 79.9. The Bertz CT molecular complexity index is 1740. The van der Waals surface area contributed by atoms with Crippen molar-refractivity contribution in [3.63, 3.8) is 0 Å². The van der Waals surface area contributed by atoms with Gasteiger partial charge in [-0.2, -0.15) is 0 Å². The first-order valence-corrected chi connectivity index (χ1v) is 15.9. The zero-order valence-electron chi connectivity index (χ0n) is 23.9. The average Bonchev–Trinajstić information content (AvgIpc) is 3.01. The molecule has 0 radical (unpaired) electrons. The zero-order chi connectivity index (χ0) is 30.9. The van der Waals surface area contributed by atoms with Crippen LogP contribution in [0.3, 0.4) is 0 Å². The number of methoxy groups -OCH3 is 2. The third kappa shape index (κ3) is 5.81. The highest BCUT2D eigenvalue weighted by molar-refractivity contribution is 9.10. The number of esters is 2. The topological polar surface area (TPSA) is 107 Å². The fourth-order valence-electron chi connectivity index (χ4n) is 5.74. The van der Waals surface area contributed by atoms with E-state index < -0.39 is 38.9 Å². The first kappa shape index (κ1) is 30.4. The van der Waals surface area contributed by atoms with E-state index in [2.05, 4.69) is 15.9 Å². The maximum Gasteiger partial charge on any atom is 0.335 e. The molecule has 2 aliphatic rings.